The van der Waals surface area contributed by atoms with E-state index in [0.29, 0.717) is 32.2 Å². The molecule has 1 fully saturated rings. The van der Waals surface area contributed by atoms with E-state index in [0.717, 1.165) is 19.4 Å². The van der Waals surface area contributed by atoms with Gasteiger partial charge >= 0.3 is 0 Å². The van der Waals surface area contributed by atoms with E-state index >= 15 is 0 Å². The first kappa shape index (κ1) is 17.8. The van der Waals surface area contributed by atoms with E-state index in [2.05, 4.69) is 5.32 Å². The summed E-state index contributed by atoms with van der Waals surface area (Å²) in [7, 11) is 0.179. The molecule has 1 aliphatic heterocycles. The minimum absolute atomic E-state index is 0.126. The topological polar surface area (TPSA) is 61.9 Å². The summed E-state index contributed by atoms with van der Waals surface area (Å²) in [6.45, 7) is 6.82. The SMILES string of the molecule is CNCC1CCCN(S(=O)(=O)N(C)CCOC(C)C)C1. The van der Waals surface area contributed by atoms with Crippen LogP contribution in [0.5, 0.6) is 0 Å². The van der Waals surface area contributed by atoms with Crippen molar-refractivity contribution in [3.05, 3.63) is 0 Å². The molecule has 1 rings (SSSR count). The van der Waals surface area contributed by atoms with Gasteiger partial charge in [0.25, 0.3) is 10.2 Å². The van der Waals surface area contributed by atoms with Gasteiger partial charge in [0.2, 0.25) is 0 Å². The number of hydrogen-bond acceptors (Lipinski definition) is 4. The van der Waals surface area contributed by atoms with Crippen LogP contribution in [0.3, 0.4) is 0 Å². The fourth-order valence-electron chi connectivity index (χ4n) is 2.42. The van der Waals surface area contributed by atoms with Crippen LogP contribution in [0.4, 0.5) is 0 Å². The largest absolute Gasteiger partial charge is 0.377 e. The second-order valence-electron chi connectivity index (χ2n) is 5.67. The molecule has 0 saturated carbocycles. The maximum atomic E-state index is 12.5. The molecule has 1 aliphatic rings. The van der Waals surface area contributed by atoms with Gasteiger partial charge in [-0.2, -0.15) is 17.0 Å². The Morgan fingerprint density at radius 2 is 2.15 bits per heavy atom. The summed E-state index contributed by atoms with van der Waals surface area (Å²) in [6.07, 6.45) is 2.15. The second kappa shape index (κ2) is 8.29. The Morgan fingerprint density at radius 1 is 1.45 bits per heavy atom. The molecule has 1 saturated heterocycles. The van der Waals surface area contributed by atoms with Gasteiger partial charge in [-0.05, 0) is 46.2 Å². The third-order valence-electron chi connectivity index (χ3n) is 3.55. The molecule has 7 heteroatoms. The Labute approximate surface area is 123 Å². The molecular formula is C13H29N3O3S. The highest BCUT2D eigenvalue weighted by Crippen LogP contribution is 2.20. The molecule has 0 spiro atoms. The lowest BCUT2D eigenvalue weighted by molar-refractivity contribution is 0.0727. The monoisotopic (exact) mass is 307 g/mol. The highest BCUT2D eigenvalue weighted by Gasteiger charge is 2.31. The summed E-state index contributed by atoms with van der Waals surface area (Å²) >= 11 is 0. The van der Waals surface area contributed by atoms with Crippen molar-refractivity contribution in [2.75, 3.05) is 46.9 Å². The Morgan fingerprint density at radius 3 is 2.75 bits per heavy atom. The number of hydrogen-bond donors (Lipinski definition) is 1. The Hall–Kier alpha value is -0.210. The highest BCUT2D eigenvalue weighted by atomic mass is 32.2. The van der Waals surface area contributed by atoms with E-state index in [1.54, 1.807) is 11.4 Å². The number of nitrogens with zero attached hydrogens (tertiary/aromatic N) is 2. The molecule has 6 nitrogen and oxygen atoms in total. The molecule has 0 radical (unpaired) electrons. The molecule has 0 aromatic carbocycles. The van der Waals surface area contributed by atoms with Crippen molar-refractivity contribution in [3.63, 3.8) is 0 Å². The van der Waals surface area contributed by atoms with Crippen molar-refractivity contribution in [3.8, 4) is 0 Å². The molecule has 0 aromatic rings. The van der Waals surface area contributed by atoms with E-state index in [-0.39, 0.29) is 6.10 Å². The molecule has 0 bridgehead atoms. The Kier molecular flexibility index (Phi) is 7.39. The smallest absolute Gasteiger partial charge is 0.281 e. The number of piperidine rings is 1. The lowest BCUT2D eigenvalue weighted by Gasteiger charge is -2.34. The molecular weight excluding hydrogens is 278 g/mol. The van der Waals surface area contributed by atoms with E-state index in [4.69, 9.17) is 4.74 Å². The van der Waals surface area contributed by atoms with Gasteiger partial charge in [0.05, 0.1) is 12.7 Å². The highest BCUT2D eigenvalue weighted by molar-refractivity contribution is 7.86. The minimum atomic E-state index is -3.35. The van der Waals surface area contributed by atoms with Crippen LogP contribution in [0.1, 0.15) is 26.7 Å². The quantitative estimate of drug-likeness (QED) is 0.710. The molecule has 1 heterocycles. The van der Waals surface area contributed by atoms with Gasteiger partial charge in [-0.15, -0.1) is 0 Å². The van der Waals surface area contributed by atoms with Crippen molar-refractivity contribution >= 4 is 10.2 Å². The number of likely N-dealkylation sites (N-methyl/N-ethyl adjacent to an activating group) is 1. The van der Waals surface area contributed by atoms with Gasteiger partial charge in [0.1, 0.15) is 0 Å². The van der Waals surface area contributed by atoms with Crippen molar-refractivity contribution in [2.24, 2.45) is 5.92 Å². The molecule has 120 valence electrons. The van der Waals surface area contributed by atoms with Gasteiger partial charge in [-0.3, -0.25) is 0 Å². The predicted molar refractivity (Wildman–Crippen MR) is 80.9 cm³/mol. The zero-order valence-corrected chi connectivity index (χ0v) is 13.9. The normalized spacial score (nSPS) is 21.8. The van der Waals surface area contributed by atoms with Gasteiger partial charge in [0.15, 0.2) is 0 Å². The fraction of sp³-hybridized carbons (Fsp3) is 1.00. The van der Waals surface area contributed by atoms with E-state index in [1.807, 2.05) is 20.9 Å². The van der Waals surface area contributed by atoms with Crippen molar-refractivity contribution < 1.29 is 13.2 Å². The van der Waals surface area contributed by atoms with Gasteiger partial charge < -0.3 is 10.1 Å². The van der Waals surface area contributed by atoms with E-state index in [9.17, 15) is 8.42 Å². The van der Waals surface area contributed by atoms with Gasteiger partial charge in [-0.25, -0.2) is 0 Å². The van der Waals surface area contributed by atoms with Crippen LogP contribution in [0, 0.1) is 5.92 Å². The predicted octanol–water partition coefficient (Wildman–Crippen LogP) is 0.519. The molecule has 1 N–H and O–H groups in total. The molecule has 0 amide bonds. The third kappa shape index (κ3) is 5.29. The first-order chi connectivity index (χ1) is 9.37. The summed E-state index contributed by atoms with van der Waals surface area (Å²) in [6, 6.07) is 0. The van der Waals surface area contributed by atoms with Crippen LogP contribution in [0.2, 0.25) is 0 Å². The van der Waals surface area contributed by atoms with Crippen LogP contribution >= 0.6 is 0 Å². The Bertz CT molecular complexity index is 371. The minimum Gasteiger partial charge on any atom is -0.377 e. The summed E-state index contributed by atoms with van der Waals surface area (Å²) in [5.41, 5.74) is 0. The average Bonchev–Trinajstić information content (AvgIpc) is 2.39. The third-order valence-corrected chi connectivity index (χ3v) is 5.51. The lowest BCUT2D eigenvalue weighted by Crippen LogP contribution is -2.48. The zero-order valence-electron chi connectivity index (χ0n) is 13.1. The Balaban J connectivity index is 2.53. The summed E-state index contributed by atoms with van der Waals surface area (Å²) in [4.78, 5) is 0. The number of ether oxygens (including phenoxy) is 1. The number of rotatable bonds is 8. The first-order valence-electron chi connectivity index (χ1n) is 7.35. The zero-order chi connectivity index (χ0) is 15.2. The van der Waals surface area contributed by atoms with E-state index in [1.165, 1.54) is 4.31 Å². The van der Waals surface area contributed by atoms with Crippen molar-refractivity contribution in [1.82, 2.24) is 13.9 Å². The fourth-order valence-corrected chi connectivity index (χ4v) is 3.88. The van der Waals surface area contributed by atoms with E-state index < -0.39 is 10.2 Å². The maximum Gasteiger partial charge on any atom is 0.281 e. The van der Waals surface area contributed by atoms with Gasteiger partial charge in [0, 0.05) is 26.7 Å². The summed E-state index contributed by atoms with van der Waals surface area (Å²) < 4.78 is 33.4. The standard InChI is InChI=1S/C13H29N3O3S/c1-12(2)19-9-8-15(4)20(17,18)16-7-5-6-13(11-16)10-14-3/h12-14H,5-11H2,1-4H3. The van der Waals surface area contributed by atoms with Crippen molar-refractivity contribution in [1.29, 1.82) is 0 Å². The summed E-state index contributed by atoms with van der Waals surface area (Å²) in [5, 5.41) is 3.13. The summed E-state index contributed by atoms with van der Waals surface area (Å²) in [5.74, 6) is 0.406. The molecule has 1 atom stereocenters. The molecule has 0 aliphatic carbocycles. The van der Waals surface area contributed by atoms with Crippen LogP contribution in [0.25, 0.3) is 0 Å². The van der Waals surface area contributed by atoms with Crippen LogP contribution in [-0.4, -0.2) is 70.0 Å². The van der Waals surface area contributed by atoms with Crippen LogP contribution in [-0.2, 0) is 14.9 Å². The first-order valence-corrected chi connectivity index (χ1v) is 8.75. The molecule has 0 aromatic heterocycles. The molecule has 1 unspecified atom stereocenters. The molecule has 20 heavy (non-hydrogen) atoms. The lowest BCUT2D eigenvalue weighted by atomic mass is 10.00. The second-order valence-corrected chi connectivity index (χ2v) is 7.71. The van der Waals surface area contributed by atoms with Crippen molar-refractivity contribution in [2.45, 2.75) is 32.8 Å². The van der Waals surface area contributed by atoms with Crippen LogP contribution in [0.15, 0.2) is 0 Å². The maximum absolute atomic E-state index is 12.5. The van der Waals surface area contributed by atoms with Gasteiger partial charge in [-0.1, -0.05) is 0 Å². The average molecular weight is 307 g/mol. The number of nitrogens with one attached hydrogen (secondary N) is 1. The van der Waals surface area contributed by atoms with Crippen LogP contribution < -0.4 is 5.32 Å².